The first kappa shape index (κ1) is 36.3. The number of benzene rings is 1. The van der Waals surface area contributed by atoms with Crippen LogP contribution in [0.5, 0.6) is 5.75 Å². The molecule has 1 fully saturated rings. The molecule has 0 unspecified atom stereocenters. The number of ether oxygens (including phenoxy) is 3. The van der Waals surface area contributed by atoms with Crippen LogP contribution >= 0.6 is 34.7 Å². The van der Waals surface area contributed by atoms with Crippen molar-refractivity contribution in [2.45, 2.75) is 44.4 Å². The van der Waals surface area contributed by atoms with E-state index in [1.807, 2.05) is 0 Å². The first-order valence-corrected chi connectivity index (χ1v) is 16.6. The molecule has 0 bridgehead atoms. The number of thiazole rings is 1. The van der Waals surface area contributed by atoms with Crippen LogP contribution in [0.15, 0.2) is 58.4 Å². The van der Waals surface area contributed by atoms with Crippen molar-refractivity contribution in [3.05, 3.63) is 64.5 Å². The SMILES string of the molecule is BOC(=O)/C=C/O/N=C(\C(=O)N[C@@H]1C(=O)N2C(C(=O)OCc3ccc(OC)cc3)=C(CCl)CS[C@H]12)c1csc(NC(=O)OC(C)(C)C)n1. The molecule has 1 saturated heterocycles. The second kappa shape index (κ2) is 16.0. The van der Waals surface area contributed by atoms with Gasteiger partial charge in [-0.1, -0.05) is 17.3 Å². The average molecular weight is 720 g/mol. The fourth-order valence-corrected chi connectivity index (χ4v) is 6.56. The summed E-state index contributed by atoms with van der Waals surface area (Å²) in [5.74, 6) is -1.94. The highest BCUT2D eigenvalue weighted by Gasteiger charge is 2.54. The number of fused-ring (bicyclic) bond motifs is 1. The summed E-state index contributed by atoms with van der Waals surface area (Å²) in [5.41, 5.74) is 0.102. The van der Waals surface area contributed by atoms with Crippen LogP contribution in [0.3, 0.4) is 0 Å². The molecule has 3 amide bonds. The Balaban J connectivity index is 1.49. The molecule has 1 aromatic carbocycles. The van der Waals surface area contributed by atoms with Gasteiger partial charge in [-0.2, -0.15) is 0 Å². The Labute approximate surface area is 289 Å². The van der Waals surface area contributed by atoms with E-state index in [9.17, 15) is 24.0 Å². The summed E-state index contributed by atoms with van der Waals surface area (Å²) in [6.07, 6.45) is 1.05. The second-order valence-electron chi connectivity index (χ2n) is 10.9. The van der Waals surface area contributed by atoms with Crippen molar-refractivity contribution < 1.29 is 47.7 Å². The van der Waals surface area contributed by atoms with E-state index in [-0.39, 0.29) is 34.7 Å². The Morgan fingerprint density at radius 3 is 2.58 bits per heavy atom. The van der Waals surface area contributed by atoms with Gasteiger partial charge in [0.05, 0.1) is 13.2 Å². The molecule has 0 saturated carbocycles. The normalized spacial score (nSPS) is 17.6. The number of alkyl halides is 1. The lowest BCUT2D eigenvalue weighted by Gasteiger charge is -2.49. The number of rotatable bonds is 12. The maximum absolute atomic E-state index is 13.5. The predicted octanol–water partition coefficient (Wildman–Crippen LogP) is 2.46. The first-order valence-electron chi connectivity index (χ1n) is 14.1. The number of hydrogen-bond donors (Lipinski definition) is 2. The number of carbonyl (C=O) groups excluding carboxylic acids is 5. The van der Waals surface area contributed by atoms with E-state index >= 15 is 0 Å². The maximum atomic E-state index is 13.5. The number of aromatic nitrogens is 1. The van der Waals surface area contributed by atoms with Crippen LogP contribution in [-0.2, 0) is 44.8 Å². The Morgan fingerprint density at radius 1 is 1.21 bits per heavy atom. The van der Waals surface area contributed by atoms with E-state index in [1.54, 1.807) is 52.1 Å². The Kier molecular flexibility index (Phi) is 12.1. The molecule has 254 valence electrons. The van der Waals surface area contributed by atoms with Gasteiger partial charge in [0.1, 0.15) is 47.0 Å². The van der Waals surface area contributed by atoms with Crippen LogP contribution in [0.2, 0.25) is 0 Å². The molecule has 0 spiro atoms. The van der Waals surface area contributed by atoms with Crippen LogP contribution < -0.4 is 15.4 Å². The highest BCUT2D eigenvalue weighted by Crippen LogP contribution is 2.41. The fourth-order valence-electron chi connectivity index (χ4n) is 4.20. The van der Waals surface area contributed by atoms with Crippen molar-refractivity contribution >= 4 is 83.4 Å². The van der Waals surface area contributed by atoms with Crippen LogP contribution in [0.25, 0.3) is 0 Å². The summed E-state index contributed by atoms with van der Waals surface area (Å²) >= 11 is 8.42. The lowest BCUT2D eigenvalue weighted by atomic mass is 10.0. The van der Waals surface area contributed by atoms with E-state index in [0.29, 0.717) is 22.6 Å². The summed E-state index contributed by atoms with van der Waals surface area (Å²) in [5, 5.41) is 9.76. The minimum atomic E-state index is -1.06. The van der Waals surface area contributed by atoms with E-state index < -0.39 is 46.9 Å². The van der Waals surface area contributed by atoms with E-state index in [4.69, 9.17) is 30.6 Å². The monoisotopic (exact) mass is 719 g/mol. The van der Waals surface area contributed by atoms with Crippen LogP contribution in [0, 0.1) is 0 Å². The Morgan fingerprint density at radius 2 is 1.94 bits per heavy atom. The van der Waals surface area contributed by atoms with Gasteiger partial charge < -0.3 is 29.0 Å². The molecule has 2 aromatic rings. The zero-order valence-electron chi connectivity index (χ0n) is 26.4. The summed E-state index contributed by atoms with van der Waals surface area (Å²) in [7, 11) is 2.71. The molecule has 2 N–H and O–H groups in total. The number of nitrogens with one attached hydrogen (secondary N) is 2. The minimum absolute atomic E-state index is 0.00970. The number of methoxy groups -OCH3 is 1. The molecule has 3 heterocycles. The van der Waals surface area contributed by atoms with Gasteiger partial charge in [-0.25, -0.2) is 19.4 Å². The first-order chi connectivity index (χ1) is 22.8. The lowest BCUT2D eigenvalue weighted by Crippen LogP contribution is -2.71. The van der Waals surface area contributed by atoms with E-state index in [0.717, 1.165) is 23.7 Å². The quantitative estimate of drug-likeness (QED) is 0.0478. The number of halogens is 1. The standard InChI is InChI=1S/C29H31BClN5O10S2/c1-29(2,3)45-28(41)34-27-32-18(14-48-27)20(35-44-10-9-19(37)46-30)23(38)33-21-24(39)36-22(16(11-31)13-47-25(21)36)26(40)43-12-15-5-7-17(42-4)8-6-15/h5-10,14,21,25H,11-13,30H2,1-4H3,(H,33,38)(H,32,34,41)/b10-9+,35-20-/t21-,25-/m1/s1. The van der Waals surface area contributed by atoms with Gasteiger partial charge in [0, 0.05) is 17.0 Å². The number of β-lactam (4-membered cyclic amide) rings is 1. The third-order valence-corrected chi connectivity index (χ3v) is 8.82. The molecular weight excluding hydrogens is 689 g/mol. The topological polar surface area (TPSA) is 184 Å². The fraction of sp³-hybridized carbons (Fsp3) is 0.345. The molecule has 19 heteroatoms. The molecule has 48 heavy (non-hydrogen) atoms. The van der Waals surface area contributed by atoms with Gasteiger partial charge in [-0.3, -0.25) is 19.8 Å². The third kappa shape index (κ3) is 9.08. The minimum Gasteiger partial charge on any atom is -0.540 e. The number of amides is 3. The van der Waals surface area contributed by atoms with Crippen LogP contribution in [-0.4, -0.2) is 89.3 Å². The highest BCUT2D eigenvalue weighted by molar-refractivity contribution is 8.00. The van der Waals surface area contributed by atoms with Crippen molar-refractivity contribution in [1.29, 1.82) is 0 Å². The summed E-state index contributed by atoms with van der Waals surface area (Å²) in [6, 6.07) is 5.89. The largest absolute Gasteiger partial charge is 0.540 e. The van der Waals surface area contributed by atoms with E-state index in [1.165, 1.54) is 30.1 Å². The maximum Gasteiger partial charge on any atom is 0.413 e. The molecule has 1 aromatic heterocycles. The molecule has 0 radical (unpaired) electrons. The van der Waals surface area contributed by atoms with Gasteiger partial charge in [0.15, 0.2) is 10.8 Å². The highest BCUT2D eigenvalue weighted by atomic mass is 35.5. The molecule has 0 aliphatic carbocycles. The van der Waals surface area contributed by atoms with E-state index in [2.05, 4.69) is 25.4 Å². The Bertz CT molecular complexity index is 1660. The third-order valence-electron chi connectivity index (χ3n) is 6.40. The van der Waals surface area contributed by atoms with Gasteiger partial charge in [-0.15, -0.1) is 34.7 Å². The molecular formula is C29H31BClN5O10S2. The molecule has 2 atom stereocenters. The van der Waals surface area contributed by atoms with Gasteiger partial charge >= 0.3 is 26.1 Å². The van der Waals surface area contributed by atoms with Crippen LogP contribution in [0.1, 0.15) is 32.0 Å². The Hall–Kier alpha value is -4.55. The number of esters is 1. The van der Waals surface area contributed by atoms with Gasteiger partial charge in [-0.05, 0) is 44.0 Å². The number of carbonyl (C=O) groups is 5. The number of anilines is 1. The van der Waals surface area contributed by atoms with Crippen molar-refractivity contribution in [3.63, 3.8) is 0 Å². The molecule has 15 nitrogen and oxygen atoms in total. The number of nitrogens with zero attached hydrogens (tertiary/aromatic N) is 3. The predicted molar refractivity (Wildman–Crippen MR) is 179 cm³/mol. The number of thioether (sulfide) groups is 1. The zero-order chi connectivity index (χ0) is 35.0. The van der Waals surface area contributed by atoms with Crippen molar-refractivity contribution in [2.75, 3.05) is 24.1 Å². The second-order valence-corrected chi connectivity index (χ2v) is 13.1. The molecule has 2 aliphatic heterocycles. The van der Waals surface area contributed by atoms with Crippen molar-refractivity contribution in [1.82, 2.24) is 15.2 Å². The van der Waals surface area contributed by atoms with Crippen LogP contribution in [0.4, 0.5) is 9.93 Å². The summed E-state index contributed by atoms with van der Waals surface area (Å²) < 4.78 is 20.4. The molecule has 4 rings (SSSR count). The molecule has 2 aliphatic rings. The number of oxime groups is 1. The van der Waals surface area contributed by atoms with Gasteiger partial charge in [0.25, 0.3) is 11.8 Å². The smallest absolute Gasteiger partial charge is 0.413 e. The summed E-state index contributed by atoms with van der Waals surface area (Å²) in [6.45, 7) is 5.04. The lowest BCUT2D eigenvalue weighted by molar-refractivity contribution is -0.153. The zero-order valence-corrected chi connectivity index (χ0v) is 28.8. The van der Waals surface area contributed by atoms with Crippen molar-refractivity contribution in [2.24, 2.45) is 5.16 Å². The van der Waals surface area contributed by atoms with Gasteiger partial charge in [0.2, 0.25) is 0 Å². The van der Waals surface area contributed by atoms with Crippen molar-refractivity contribution in [3.8, 4) is 5.75 Å². The number of hydrogen-bond acceptors (Lipinski definition) is 14. The average Bonchev–Trinajstić information content (AvgIpc) is 3.51. The summed E-state index contributed by atoms with van der Waals surface area (Å²) in [4.78, 5) is 74.3.